The molecular formula is C22H21N3O4S. The summed E-state index contributed by atoms with van der Waals surface area (Å²) in [5.41, 5.74) is 3.28. The van der Waals surface area contributed by atoms with Gasteiger partial charge in [0.05, 0.1) is 24.7 Å². The zero-order chi connectivity index (χ0) is 21.4. The molecule has 4 rings (SSSR count). The molecule has 30 heavy (non-hydrogen) atoms. The Hall–Kier alpha value is -3.26. The van der Waals surface area contributed by atoms with Gasteiger partial charge in [-0.15, -0.1) is 11.3 Å². The third-order valence-corrected chi connectivity index (χ3v) is 6.34. The average molecular weight is 423 g/mol. The van der Waals surface area contributed by atoms with Gasteiger partial charge in [0.15, 0.2) is 0 Å². The van der Waals surface area contributed by atoms with Crippen molar-refractivity contribution in [2.24, 2.45) is 0 Å². The number of rotatable bonds is 3. The second-order valence-electron chi connectivity index (χ2n) is 7.20. The first-order valence-corrected chi connectivity index (χ1v) is 10.4. The number of aromatic nitrogens is 1. The number of thiophene rings is 1. The summed E-state index contributed by atoms with van der Waals surface area (Å²) < 4.78 is 4.96. The second kappa shape index (κ2) is 7.87. The topological polar surface area (TPSA) is 88.6 Å². The zero-order valence-corrected chi connectivity index (χ0v) is 17.8. The Labute approximate surface area is 177 Å². The van der Waals surface area contributed by atoms with Crippen LogP contribution in [-0.2, 0) is 22.5 Å². The Morgan fingerprint density at radius 2 is 1.97 bits per heavy atom. The molecule has 3 aromatic rings. The highest BCUT2D eigenvalue weighted by Crippen LogP contribution is 2.38. The number of benzene rings is 1. The van der Waals surface area contributed by atoms with E-state index >= 15 is 0 Å². The van der Waals surface area contributed by atoms with Crippen molar-refractivity contribution < 1.29 is 19.1 Å². The van der Waals surface area contributed by atoms with E-state index in [2.05, 4.69) is 10.3 Å². The number of amides is 2. The molecule has 7 nitrogen and oxygen atoms in total. The van der Waals surface area contributed by atoms with Gasteiger partial charge in [-0.1, -0.05) is 12.1 Å². The first kappa shape index (κ1) is 20.0. The number of hydrogen-bond acceptors (Lipinski definition) is 6. The number of carbonyl (C=O) groups is 3. The first-order chi connectivity index (χ1) is 14.4. The minimum atomic E-state index is -0.491. The number of pyridine rings is 1. The number of nitrogens with one attached hydrogen (secondary N) is 1. The van der Waals surface area contributed by atoms with E-state index in [0.29, 0.717) is 35.6 Å². The Balaban J connectivity index is 1.68. The Bertz CT molecular complexity index is 1180. The van der Waals surface area contributed by atoms with Gasteiger partial charge >= 0.3 is 5.97 Å². The molecule has 1 aliphatic rings. The molecule has 0 saturated heterocycles. The smallest absolute Gasteiger partial charge is 0.341 e. The molecule has 0 spiro atoms. The van der Waals surface area contributed by atoms with Crippen LogP contribution < -0.4 is 5.32 Å². The van der Waals surface area contributed by atoms with Crippen LogP contribution in [0.15, 0.2) is 30.3 Å². The minimum absolute atomic E-state index is 0.0155. The van der Waals surface area contributed by atoms with Crippen molar-refractivity contribution in [3.8, 4) is 0 Å². The standard InChI is InChI=1S/C22H21N3O4S/c1-12-4-5-14-6-7-15(10-17(14)23-12)20(27)24-21-19(22(28)29-3)16-8-9-25(13(2)26)11-18(16)30-21/h4-7,10H,8-9,11H2,1-3H3,(H,24,27). The first-order valence-electron chi connectivity index (χ1n) is 9.54. The molecule has 0 unspecified atom stereocenters. The SMILES string of the molecule is COC(=O)c1c(NC(=O)c2ccc3ccc(C)nc3c2)sc2c1CCN(C(C)=O)C2. The van der Waals surface area contributed by atoms with Crippen molar-refractivity contribution in [3.63, 3.8) is 0 Å². The molecule has 0 radical (unpaired) electrons. The third-order valence-electron chi connectivity index (χ3n) is 5.21. The van der Waals surface area contributed by atoms with Crippen LogP contribution in [0.5, 0.6) is 0 Å². The maximum absolute atomic E-state index is 12.9. The van der Waals surface area contributed by atoms with Gasteiger partial charge in [-0.3, -0.25) is 14.6 Å². The lowest BCUT2D eigenvalue weighted by Gasteiger charge is -2.25. The molecule has 2 amide bonds. The summed E-state index contributed by atoms with van der Waals surface area (Å²) in [4.78, 5) is 44.2. The van der Waals surface area contributed by atoms with Crippen LogP contribution in [0.4, 0.5) is 5.00 Å². The molecule has 154 valence electrons. The largest absolute Gasteiger partial charge is 0.465 e. The summed E-state index contributed by atoms with van der Waals surface area (Å²) in [6.07, 6.45) is 0.547. The Kier molecular flexibility index (Phi) is 5.26. The van der Waals surface area contributed by atoms with Crippen LogP contribution in [-0.4, -0.2) is 41.3 Å². The quantitative estimate of drug-likeness (QED) is 0.651. The lowest BCUT2D eigenvalue weighted by atomic mass is 10.0. The zero-order valence-electron chi connectivity index (χ0n) is 16.9. The Morgan fingerprint density at radius 3 is 2.70 bits per heavy atom. The molecular weight excluding hydrogens is 402 g/mol. The van der Waals surface area contributed by atoms with Gasteiger partial charge in [0.1, 0.15) is 5.00 Å². The average Bonchev–Trinajstić information content (AvgIpc) is 3.09. The van der Waals surface area contributed by atoms with Gasteiger partial charge in [-0.05, 0) is 37.1 Å². The van der Waals surface area contributed by atoms with Crippen LogP contribution in [0, 0.1) is 6.92 Å². The number of ether oxygens (including phenoxy) is 1. The molecule has 1 N–H and O–H groups in total. The fourth-order valence-corrected chi connectivity index (χ4v) is 4.86. The predicted molar refractivity (Wildman–Crippen MR) is 115 cm³/mol. The van der Waals surface area contributed by atoms with Crippen LogP contribution >= 0.6 is 11.3 Å². The highest BCUT2D eigenvalue weighted by molar-refractivity contribution is 7.17. The van der Waals surface area contributed by atoms with E-state index in [4.69, 9.17) is 4.74 Å². The number of nitrogens with zero attached hydrogens (tertiary/aromatic N) is 2. The summed E-state index contributed by atoms with van der Waals surface area (Å²) in [7, 11) is 1.32. The molecule has 0 atom stereocenters. The van der Waals surface area contributed by atoms with E-state index < -0.39 is 5.97 Å². The van der Waals surface area contributed by atoms with E-state index in [1.165, 1.54) is 25.4 Å². The van der Waals surface area contributed by atoms with Crippen LogP contribution in [0.1, 0.15) is 43.8 Å². The molecule has 0 fully saturated rings. The maximum atomic E-state index is 12.9. The summed E-state index contributed by atoms with van der Waals surface area (Å²) >= 11 is 1.31. The monoisotopic (exact) mass is 423 g/mol. The predicted octanol–water partition coefficient (Wildman–Crippen LogP) is 3.55. The van der Waals surface area contributed by atoms with Gasteiger partial charge < -0.3 is 15.0 Å². The van der Waals surface area contributed by atoms with Gasteiger partial charge in [0, 0.05) is 35.0 Å². The number of hydrogen-bond donors (Lipinski definition) is 1. The van der Waals surface area contributed by atoms with Crippen LogP contribution in [0.3, 0.4) is 0 Å². The van der Waals surface area contributed by atoms with E-state index in [1.807, 2.05) is 25.1 Å². The normalized spacial score (nSPS) is 13.1. The third kappa shape index (κ3) is 3.66. The van der Waals surface area contributed by atoms with Crippen molar-refractivity contribution in [1.29, 1.82) is 0 Å². The summed E-state index contributed by atoms with van der Waals surface area (Å²) in [6.45, 7) is 4.38. The second-order valence-corrected chi connectivity index (χ2v) is 8.31. The van der Waals surface area contributed by atoms with Crippen molar-refractivity contribution in [2.75, 3.05) is 19.0 Å². The molecule has 0 saturated carbocycles. The fraction of sp³-hybridized carbons (Fsp3) is 0.273. The number of carbonyl (C=O) groups excluding carboxylic acids is 3. The molecule has 0 aliphatic carbocycles. The minimum Gasteiger partial charge on any atom is -0.465 e. The number of esters is 1. The molecule has 1 aliphatic heterocycles. The van der Waals surface area contributed by atoms with Crippen LogP contribution in [0.2, 0.25) is 0 Å². The molecule has 8 heteroatoms. The fourth-order valence-electron chi connectivity index (χ4n) is 3.61. The molecule has 0 bridgehead atoms. The number of aryl methyl sites for hydroxylation is 1. The van der Waals surface area contributed by atoms with E-state index in [9.17, 15) is 14.4 Å². The summed E-state index contributed by atoms with van der Waals surface area (Å²) in [5, 5.41) is 4.26. The van der Waals surface area contributed by atoms with Crippen molar-refractivity contribution in [1.82, 2.24) is 9.88 Å². The maximum Gasteiger partial charge on any atom is 0.341 e. The van der Waals surface area contributed by atoms with Gasteiger partial charge in [0.25, 0.3) is 5.91 Å². The van der Waals surface area contributed by atoms with Gasteiger partial charge in [0.2, 0.25) is 5.91 Å². The highest BCUT2D eigenvalue weighted by atomic mass is 32.1. The van der Waals surface area contributed by atoms with Gasteiger partial charge in [-0.2, -0.15) is 0 Å². The van der Waals surface area contributed by atoms with Crippen molar-refractivity contribution in [2.45, 2.75) is 26.8 Å². The van der Waals surface area contributed by atoms with Gasteiger partial charge in [-0.25, -0.2) is 4.79 Å². The lowest BCUT2D eigenvalue weighted by Crippen LogP contribution is -2.33. The van der Waals surface area contributed by atoms with Crippen molar-refractivity contribution >= 4 is 45.0 Å². The summed E-state index contributed by atoms with van der Waals surface area (Å²) in [6, 6.07) is 9.20. The Morgan fingerprint density at radius 1 is 1.20 bits per heavy atom. The molecule has 1 aromatic carbocycles. The number of methoxy groups -OCH3 is 1. The van der Waals surface area contributed by atoms with E-state index in [0.717, 1.165) is 27.0 Å². The van der Waals surface area contributed by atoms with Crippen molar-refractivity contribution in [3.05, 3.63) is 57.6 Å². The van der Waals surface area contributed by atoms with E-state index in [-0.39, 0.29) is 11.8 Å². The molecule has 2 aromatic heterocycles. The number of anilines is 1. The lowest BCUT2D eigenvalue weighted by molar-refractivity contribution is -0.129. The number of fused-ring (bicyclic) bond motifs is 2. The van der Waals surface area contributed by atoms with E-state index in [1.54, 1.807) is 17.0 Å². The highest BCUT2D eigenvalue weighted by Gasteiger charge is 2.30. The van der Waals surface area contributed by atoms with Crippen LogP contribution in [0.25, 0.3) is 10.9 Å². The summed E-state index contributed by atoms with van der Waals surface area (Å²) in [5.74, 6) is -0.833. The molecule has 3 heterocycles.